The van der Waals surface area contributed by atoms with Crippen molar-refractivity contribution in [3.05, 3.63) is 78.1 Å². The molecular formula is C25H24Cl2N2O3. The molecule has 4 rings (SSSR count). The maximum atomic E-state index is 10.1. The molecule has 0 amide bonds. The number of aromatic hydroxyl groups is 1. The van der Waals surface area contributed by atoms with Gasteiger partial charge < -0.3 is 19.2 Å². The molecular weight excluding hydrogens is 447 g/mol. The fourth-order valence-corrected chi connectivity index (χ4v) is 3.33. The first-order chi connectivity index (χ1) is 15.0. The van der Waals surface area contributed by atoms with Gasteiger partial charge in [0, 0.05) is 35.6 Å². The van der Waals surface area contributed by atoms with Crippen LogP contribution in [0.25, 0.3) is 33.8 Å². The number of hydrogen-bond donors (Lipinski definition) is 1. The number of rotatable bonds is 7. The molecule has 0 fully saturated rings. The van der Waals surface area contributed by atoms with E-state index in [4.69, 9.17) is 20.8 Å². The predicted molar refractivity (Wildman–Crippen MR) is 131 cm³/mol. The first-order valence-corrected chi connectivity index (χ1v) is 10.3. The molecule has 0 radical (unpaired) electrons. The maximum Gasteiger partial charge on any atom is 0.142 e. The van der Waals surface area contributed by atoms with Crippen molar-refractivity contribution in [3.8, 4) is 45.3 Å². The third-order valence-electron chi connectivity index (χ3n) is 4.88. The zero-order chi connectivity index (χ0) is 21.8. The van der Waals surface area contributed by atoms with Crippen molar-refractivity contribution in [3.63, 3.8) is 0 Å². The van der Waals surface area contributed by atoms with E-state index < -0.39 is 0 Å². The summed E-state index contributed by atoms with van der Waals surface area (Å²) in [6.07, 6.45) is 3.48. The Labute approximate surface area is 198 Å². The van der Waals surface area contributed by atoms with Gasteiger partial charge in [0.05, 0.1) is 5.02 Å². The van der Waals surface area contributed by atoms with E-state index >= 15 is 0 Å². The van der Waals surface area contributed by atoms with Crippen LogP contribution in [0.5, 0.6) is 11.5 Å². The Kier molecular flexibility index (Phi) is 7.80. The molecule has 0 bridgehead atoms. The molecule has 166 valence electrons. The van der Waals surface area contributed by atoms with Gasteiger partial charge in [-0.3, -0.25) is 4.98 Å². The van der Waals surface area contributed by atoms with Gasteiger partial charge in [0.2, 0.25) is 0 Å². The van der Waals surface area contributed by atoms with Gasteiger partial charge in [-0.1, -0.05) is 11.6 Å². The van der Waals surface area contributed by atoms with E-state index in [-0.39, 0.29) is 18.2 Å². The number of phenolic OH excluding ortho intramolecular Hbond substituents is 1. The molecule has 4 aromatic rings. The highest BCUT2D eigenvalue weighted by atomic mass is 35.5. The lowest BCUT2D eigenvalue weighted by Crippen LogP contribution is -2.19. The highest BCUT2D eigenvalue weighted by Gasteiger charge is 2.17. The molecule has 0 aliphatic carbocycles. The number of halogens is 2. The fourth-order valence-electron chi connectivity index (χ4n) is 3.21. The summed E-state index contributed by atoms with van der Waals surface area (Å²) >= 11 is 5.99. The Morgan fingerprint density at radius 3 is 2.28 bits per heavy atom. The van der Waals surface area contributed by atoms with Crippen LogP contribution < -0.4 is 4.74 Å². The smallest absolute Gasteiger partial charge is 0.142 e. The minimum absolute atomic E-state index is 0. The number of likely N-dealkylation sites (N-methyl/N-ethyl adjacent to an activating group) is 1. The zero-order valence-electron chi connectivity index (χ0n) is 17.8. The summed E-state index contributed by atoms with van der Waals surface area (Å²) in [5.74, 6) is 2.20. The third kappa shape index (κ3) is 5.43. The first kappa shape index (κ1) is 23.7. The number of benzene rings is 2. The second kappa shape index (κ2) is 10.6. The van der Waals surface area contributed by atoms with Gasteiger partial charge in [0.25, 0.3) is 0 Å². The van der Waals surface area contributed by atoms with Gasteiger partial charge in [0.1, 0.15) is 29.6 Å². The molecule has 0 aliphatic heterocycles. The summed E-state index contributed by atoms with van der Waals surface area (Å²) in [5, 5.41) is 10.4. The van der Waals surface area contributed by atoms with Crippen molar-refractivity contribution < 1.29 is 14.3 Å². The zero-order valence-corrected chi connectivity index (χ0v) is 19.4. The Morgan fingerprint density at radius 1 is 0.938 bits per heavy atom. The number of aromatic nitrogens is 1. The summed E-state index contributed by atoms with van der Waals surface area (Å²) in [4.78, 5) is 6.18. The minimum Gasteiger partial charge on any atom is -0.506 e. The number of nitrogens with zero attached hydrogens (tertiary/aromatic N) is 2. The summed E-state index contributed by atoms with van der Waals surface area (Å²) in [6, 6.07) is 18.8. The van der Waals surface area contributed by atoms with Gasteiger partial charge in [-0.25, -0.2) is 0 Å². The molecule has 0 spiro atoms. The van der Waals surface area contributed by atoms with Gasteiger partial charge in [-0.2, -0.15) is 0 Å². The highest BCUT2D eigenvalue weighted by Crippen LogP contribution is 2.40. The second-order valence-electron chi connectivity index (χ2n) is 7.43. The Morgan fingerprint density at radius 2 is 1.62 bits per heavy atom. The van der Waals surface area contributed by atoms with Crippen molar-refractivity contribution in [2.45, 2.75) is 0 Å². The van der Waals surface area contributed by atoms with Crippen molar-refractivity contribution >= 4 is 24.0 Å². The molecule has 0 saturated carbocycles. The molecule has 2 aromatic carbocycles. The van der Waals surface area contributed by atoms with Crippen molar-refractivity contribution in [1.29, 1.82) is 0 Å². The minimum atomic E-state index is 0. The van der Waals surface area contributed by atoms with E-state index in [0.29, 0.717) is 17.4 Å². The monoisotopic (exact) mass is 470 g/mol. The van der Waals surface area contributed by atoms with E-state index in [1.807, 2.05) is 62.6 Å². The lowest BCUT2D eigenvalue weighted by molar-refractivity contribution is 0.261. The average molecular weight is 471 g/mol. The third-order valence-corrected chi connectivity index (χ3v) is 5.20. The first-order valence-electron chi connectivity index (χ1n) is 9.92. The average Bonchev–Trinajstić information content (AvgIpc) is 3.22. The Hall–Kier alpha value is -2.99. The molecule has 1 N–H and O–H groups in total. The number of ether oxygens (including phenoxy) is 1. The van der Waals surface area contributed by atoms with Crippen LogP contribution in [0.2, 0.25) is 5.02 Å². The van der Waals surface area contributed by atoms with Crippen LogP contribution >= 0.6 is 24.0 Å². The normalized spacial score (nSPS) is 10.8. The standard InChI is InChI=1S/C25H23ClN2O3.ClH/c1-28(2)13-14-30-20-6-3-18(4-7-20)24-16-21(17-9-11-27-12-10-17)25(31-24)19-5-8-22(26)23(29)15-19;/h3-12,15-16,29H,13-14H2,1-2H3;1H. The van der Waals surface area contributed by atoms with E-state index in [2.05, 4.69) is 9.88 Å². The quantitative estimate of drug-likeness (QED) is 0.338. The number of furan rings is 1. The van der Waals surface area contributed by atoms with Crippen molar-refractivity contribution in [2.75, 3.05) is 27.2 Å². The van der Waals surface area contributed by atoms with E-state index in [1.165, 1.54) is 0 Å². The lowest BCUT2D eigenvalue weighted by atomic mass is 10.0. The number of hydrogen-bond acceptors (Lipinski definition) is 5. The number of phenols is 1. The van der Waals surface area contributed by atoms with Crippen LogP contribution in [0.1, 0.15) is 0 Å². The molecule has 0 unspecified atom stereocenters. The largest absolute Gasteiger partial charge is 0.506 e. The van der Waals surface area contributed by atoms with E-state index in [1.54, 1.807) is 24.5 Å². The molecule has 7 heteroatoms. The van der Waals surface area contributed by atoms with Crippen molar-refractivity contribution in [2.24, 2.45) is 0 Å². The Bertz CT molecular complexity index is 1160. The summed E-state index contributed by atoms with van der Waals surface area (Å²) in [5.41, 5.74) is 3.55. The topological polar surface area (TPSA) is 58.7 Å². The molecule has 0 saturated heterocycles. The summed E-state index contributed by atoms with van der Waals surface area (Å²) in [7, 11) is 4.03. The van der Waals surface area contributed by atoms with E-state index in [0.717, 1.165) is 40.3 Å². The van der Waals surface area contributed by atoms with Crippen molar-refractivity contribution in [1.82, 2.24) is 9.88 Å². The predicted octanol–water partition coefficient (Wildman–Crippen LogP) is 6.40. The van der Waals surface area contributed by atoms with Crippen LogP contribution in [-0.2, 0) is 0 Å². The van der Waals surface area contributed by atoms with E-state index in [9.17, 15) is 5.11 Å². The van der Waals surface area contributed by atoms with Crippen LogP contribution in [0.15, 0.2) is 77.5 Å². The van der Waals surface area contributed by atoms with Gasteiger partial charge >= 0.3 is 0 Å². The van der Waals surface area contributed by atoms with Crippen LogP contribution in [-0.4, -0.2) is 42.2 Å². The summed E-state index contributed by atoms with van der Waals surface area (Å²) < 4.78 is 12.0. The number of pyridine rings is 1. The highest BCUT2D eigenvalue weighted by molar-refractivity contribution is 6.32. The summed E-state index contributed by atoms with van der Waals surface area (Å²) in [6.45, 7) is 1.48. The fraction of sp³-hybridized carbons (Fsp3) is 0.160. The second-order valence-corrected chi connectivity index (χ2v) is 7.84. The van der Waals surface area contributed by atoms with Gasteiger partial charge in [-0.15, -0.1) is 12.4 Å². The molecule has 0 aliphatic rings. The van der Waals surface area contributed by atoms with Gasteiger partial charge in [0.15, 0.2) is 0 Å². The van der Waals surface area contributed by atoms with Crippen LogP contribution in [0, 0.1) is 0 Å². The maximum absolute atomic E-state index is 10.1. The molecule has 2 heterocycles. The lowest BCUT2D eigenvalue weighted by Gasteiger charge is -2.11. The van der Waals surface area contributed by atoms with Crippen LogP contribution in [0.3, 0.4) is 0 Å². The molecule has 5 nitrogen and oxygen atoms in total. The van der Waals surface area contributed by atoms with Gasteiger partial charge in [-0.05, 0) is 80.3 Å². The molecule has 32 heavy (non-hydrogen) atoms. The Balaban J connectivity index is 0.00000289. The van der Waals surface area contributed by atoms with Crippen LogP contribution in [0.4, 0.5) is 0 Å². The molecule has 0 atom stereocenters. The molecule has 2 aromatic heterocycles. The SMILES string of the molecule is CN(C)CCOc1ccc(-c2cc(-c3ccncc3)c(-c3ccc(Cl)c(O)c3)o2)cc1.Cl.